The van der Waals surface area contributed by atoms with Crippen LogP contribution in [0.25, 0.3) is 0 Å². The second kappa shape index (κ2) is 4.69. The summed E-state index contributed by atoms with van der Waals surface area (Å²) in [5, 5.41) is 8.18. The molecule has 1 rings (SSSR count). The molecular weight excluding hydrogens is 172 g/mol. The van der Waals surface area contributed by atoms with E-state index in [1.165, 1.54) is 12.8 Å². The van der Waals surface area contributed by atoms with Gasteiger partial charge in [-0.05, 0) is 18.9 Å². The third kappa shape index (κ3) is 2.66. The van der Waals surface area contributed by atoms with Crippen LogP contribution in [-0.2, 0) is 0 Å². The maximum atomic E-state index is 8.51. The van der Waals surface area contributed by atoms with Gasteiger partial charge in [0.1, 0.15) is 5.38 Å². The third-order valence-electron chi connectivity index (χ3n) is 2.51. The van der Waals surface area contributed by atoms with Crippen LogP contribution in [0, 0.1) is 17.2 Å². The summed E-state index contributed by atoms with van der Waals surface area (Å²) >= 11 is 5.73. The predicted octanol–water partition coefficient (Wildman–Crippen LogP) is 1.85. The lowest BCUT2D eigenvalue weighted by molar-refractivity contribution is 0.332. The van der Waals surface area contributed by atoms with E-state index in [0.29, 0.717) is 0 Å². The molecule has 0 spiro atoms. The highest BCUT2D eigenvalue weighted by Gasteiger charge is 2.22. The molecule has 0 N–H and O–H groups in total. The highest BCUT2D eigenvalue weighted by molar-refractivity contribution is 6.22. The Morgan fingerprint density at radius 3 is 3.00 bits per heavy atom. The molecule has 0 bridgehead atoms. The Labute approximate surface area is 79.1 Å². The minimum atomic E-state index is -0.333. The standard InChI is InChI=1S/C9H15ClN2/c1-2-8-3-4-12(6-8)7-9(10)5-11/h8-9H,2-4,6-7H2,1H3. The Balaban J connectivity index is 2.24. The van der Waals surface area contributed by atoms with Gasteiger partial charge < -0.3 is 4.90 Å². The smallest absolute Gasteiger partial charge is 0.133 e. The van der Waals surface area contributed by atoms with Crippen LogP contribution in [0.1, 0.15) is 19.8 Å². The molecule has 2 atom stereocenters. The molecule has 0 radical (unpaired) electrons. The number of hydrogen-bond donors (Lipinski definition) is 0. The van der Waals surface area contributed by atoms with E-state index < -0.39 is 0 Å². The maximum absolute atomic E-state index is 8.51. The molecule has 1 fully saturated rings. The Bertz CT molecular complexity index is 176. The van der Waals surface area contributed by atoms with Crippen molar-refractivity contribution in [2.75, 3.05) is 19.6 Å². The molecule has 1 aliphatic heterocycles. The van der Waals surface area contributed by atoms with Crippen LogP contribution in [0.4, 0.5) is 0 Å². The first-order valence-corrected chi connectivity index (χ1v) is 4.96. The molecule has 1 saturated heterocycles. The van der Waals surface area contributed by atoms with Crippen molar-refractivity contribution >= 4 is 11.6 Å². The van der Waals surface area contributed by atoms with Gasteiger partial charge in [-0.3, -0.25) is 0 Å². The Morgan fingerprint density at radius 1 is 1.75 bits per heavy atom. The van der Waals surface area contributed by atoms with E-state index >= 15 is 0 Å². The molecule has 1 heterocycles. The van der Waals surface area contributed by atoms with Gasteiger partial charge in [-0.15, -0.1) is 11.6 Å². The zero-order chi connectivity index (χ0) is 8.97. The van der Waals surface area contributed by atoms with Gasteiger partial charge in [-0.2, -0.15) is 5.26 Å². The van der Waals surface area contributed by atoms with Gasteiger partial charge in [0, 0.05) is 13.1 Å². The highest BCUT2D eigenvalue weighted by atomic mass is 35.5. The molecule has 12 heavy (non-hydrogen) atoms. The normalized spacial score (nSPS) is 26.9. The van der Waals surface area contributed by atoms with Crippen LogP contribution in [0.3, 0.4) is 0 Å². The van der Waals surface area contributed by atoms with Crippen LogP contribution in [0.5, 0.6) is 0 Å². The molecule has 0 amide bonds. The molecular formula is C9H15ClN2. The molecule has 0 aromatic carbocycles. The van der Waals surface area contributed by atoms with Gasteiger partial charge in [-0.25, -0.2) is 0 Å². The number of halogens is 1. The summed E-state index contributed by atoms with van der Waals surface area (Å²) in [6, 6.07) is 2.05. The lowest BCUT2D eigenvalue weighted by atomic mass is 10.1. The summed E-state index contributed by atoms with van der Waals surface area (Å²) in [5.41, 5.74) is 0. The first-order chi connectivity index (χ1) is 5.76. The zero-order valence-corrected chi connectivity index (χ0v) is 8.22. The minimum absolute atomic E-state index is 0.333. The Hall–Kier alpha value is -0.260. The Kier molecular flexibility index (Phi) is 3.84. The van der Waals surface area contributed by atoms with Crippen molar-refractivity contribution in [3.05, 3.63) is 0 Å². The van der Waals surface area contributed by atoms with Crippen LogP contribution >= 0.6 is 11.6 Å². The van der Waals surface area contributed by atoms with Gasteiger partial charge in [0.25, 0.3) is 0 Å². The van der Waals surface area contributed by atoms with E-state index in [1.54, 1.807) is 0 Å². The average molecular weight is 187 g/mol. The monoisotopic (exact) mass is 186 g/mol. The molecule has 0 saturated carbocycles. The van der Waals surface area contributed by atoms with E-state index in [1.807, 2.05) is 6.07 Å². The van der Waals surface area contributed by atoms with Crippen molar-refractivity contribution in [3.8, 4) is 6.07 Å². The fourth-order valence-corrected chi connectivity index (χ4v) is 1.87. The fourth-order valence-electron chi connectivity index (χ4n) is 1.68. The number of nitrogens with zero attached hydrogens (tertiary/aromatic N) is 2. The van der Waals surface area contributed by atoms with E-state index in [2.05, 4.69) is 11.8 Å². The summed E-state index contributed by atoms with van der Waals surface area (Å²) in [4.78, 5) is 2.29. The van der Waals surface area contributed by atoms with E-state index in [4.69, 9.17) is 16.9 Å². The lowest BCUT2D eigenvalue weighted by Crippen LogP contribution is -2.27. The van der Waals surface area contributed by atoms with E-state index in [0.717, 1.165) is 25.6 Å². The van der Waals surface area contributed by atoms with Gasteiger partial charge in [-0.1, -0.05) is 13.3 Å². The largest absolute Gasteiger partial charge is 0.301 e. The maximum Gasteiger partial charge on any atom is 0.133 e. The highest BCUT2D eigenvalue weighted by Crippen LogP contribution is 2.19. The van der Waals surface area contributed by atoms with Crippen LogP contribution in [-0.4, -0.2) is 29.9 Å². The van der Waals surface area contributed by atoms with Crippen molar-refractivity contribution in [1.29, 1.82) is 5.26 Å². The number of hydrogen-bond acceptors (Lipinski definition) is 2. The molecule has 0 aromatic heterocycles. The predicted molar refractivity (Wildman–Crippen MR) is 50.1 cm³/mol. The molecule has 1 aliphatic rings. The molecule has 68 valence electrons. The summed E-state index contributed by atoms with van der Waals surface area (Å²) < 4.78 is 0. The zero-order valence-electron chi connectivity index (χ0n) is 7.46. The van der Waals surface area contributed by atoms with E-state index in [-0.39, 0.29) is 5.38 Å². The lowest BCUT2D eigenvalue weighted by Gasteiger charge is -2.15. The number of nitriles is 1. The molecule has 3 heteroatoms. The minimum Gasteiger partial charge on any atom is -0.301 e. The van der Waals surface area contributed by atoms with Crippen LogP contribution in [0.2, 0.25) is 0 Å². The molecule has 0 aromatic rings. The van der Waals surface area contributed by atoms with E-state index in [9.17, 15) is 0 Å². The van der Waals surface area contributed by atoms with Crippen LogP contribution < -0.4 is 0 Å². The van der Waals surface area contributed by atoms with Crippen molar-refractivity contribution in [3.63, 3.8) is 0 Å². The first kappa shape index (κ1) is 9.83. The number of rotatable bonds is 3. The second-order valence-corrected chi connectivity index (χ2v) is 3.95. The first-order valence-electron chi connectivity index (χ1n) is 4.52. The quantitative estimate of drug-likeness (QED) is 0.629. The third-order valence-corrected chi connectivity index (χ3v) is 2.74. The van der Waals surface area contributed by atoms with Crippen LogP contribution in [0.15, 0.2) is 0 Å². The van der Waals surface area contributed by atoms with Crippen molar-refractivity contribution < 1.29 is 0 Å². The van der Waals surface area contributed by atoms with Gasteiger partial charge in [0.15, 0.2) is 0 Å². The number of alkyl halides is 1. The SMILES string of the molecule is CCC1CCN(CC(Cl)C#N)C1. The van der Waals surface area contributed by atoms with Crippen molar-refractivity contribution in [1.82, 2.24) is 4.90 Å². The van der Waals surface area contributed by atoms with Gasteiger partial charge in [0.2, 0.25) is 0 Å². The number of likely N-dealkylation sites (tertiary alicyclic amines) is 1. The summed E-state index contributed by atoms with van der Waals surface area (Å²) in [5.74, 6) is 0.826. The molecule has 2 nitrogen and oxygen atoms in total. The fraction of sp³-hybridized carbons (Fsp3) is 0.889. The average Bonchev–Trinajstić information content (AvgIpc) is 2.52. The summed E-state index contributed by atoms with van der Waals surface area (Å²) in [6.07, 6.45) is 2.52. The van der Waals surface area contributed by atoms with Gasteiger partial charge in [0.05, 0.1) is 6.07 Å². The van der Waals surface area contributed by atoms with Crippen molar-refractivity contribution in [2.24, 2.45) is 5.92 Å². The molecule has 0 aliphatic carbocycles. The topological polar surface area (TPSA) is 27.0 Å². The summed E-state index contributed by atoms with van der Waals surface area (Å²) in [6.45, 7) is 5.19. The Morgan fingerprint density at radius 2 is 2.50 bits per heavy atom. The summed E-state index contributed by atoms with van der Waals surface area (Å²) in [7, 11) is 0. The molecule has 2 unspecified atom stereocenters. The van der Waals surface area contributed by atoms with Crippen molar-refractivity contribution in [2.45, 2.75) is 25.1 Å². The van der Waals surface area contributed by atoms with Gasteiger partial charge >= 0.3 is 0 Å². The second-order valence-electron chi connectivity index (χ2n) is 3.42.